The molecule has 0 aromatic heterocycles. The van der Waals surface area contributed by atoms with E-state index in [1.807, 2.05) is 26.8 Å². The first-order valence-corrected chi connectivity index (χ1v) is 8.33. The summed E-state index contributed by atoms with van der Waals surface area (Å²) in [6.07, 6.45) is 0.864. The standard InChI is InChI=1S/C14H22N2O3S/c1-4-19-14(2,3)10-16-20(17,18)12-5-6-13-11(9-12)7-8-15-13/h5-6,9,15-16H,4,7-8,10H2,1-3H3. The maximum absolute atomic E-state index is 12.3. The first-order chi connectivity index (χ1) is 9.34. The molecule has 0 saturated carbocycles. The Bertz CT molecular complexity index is 582. The number of anilines is 1. The lowest BCUT2D eigenvalue weighted by Gasteiger charge is -2.24. The fourth-order valence-corrected chi connectivity index (χ4v) is 3.49. The van der Waals surface area contributed by atoms with Gasteiger partial charge in [0.05, 0.1) is 10.5 Å². The van der Waals surface area contributed by atoms with E-state index in [0.717, 1.165) is 24.2 Å². The molecule has 1 aromatic carbocycles. The number of benzene rings is 1. The van der Waals surface area contributed by atoms with E-state index in [2.05, 4.69) is 10.0 Å². The number of fused-ring (bicyclic) bond motifs is 1. The van der Waals surface area contributed by atoms with Gasteiger partial charge in [-0.3, -0.25) is 0 Å². The zero-order valence-corrected chi connectivity index (χ0v) is 13.0. The van der Waals surface area contributed by atoms with Crippen LogP contribution in [0.15, 0.2) is 23.1 Å². The van der Waals surface area contributed by atoms with Gasteiger partial charge in [-0.15, -0.1) is 0 Å². The van der Waals surface area contributed by atoms with Gasteiger partial charge in [0.2, 0.25) is 10.0 Å². The summed E-state index contributed by atoms with van der Waals surface area (Å²) in [4.78, 5) is 0.312. The molecule has 2 rings (SSSR count). The third-order valence-corrected chi connectivity index (χ3v) is 4.72. The van der Waals surface area contributed by atoms with Crippen molar-refractivity contribution in [2.24, 2.45) is 0 Å². The van der Waals surface area contributed by atoms with E-state index in [1.165, 1.54) is 0 Å². The van der Waals surface area contributed by atoms with Gasteiger partial charge < -0.3 is 10.1 Å². The maximum Gasteiger partial charge on any atom is 0.240 e. The highest BCUT2D eigenvalue weighted by Crippen LogP contribution is 2.25. The van der Waals surface area contributed by atoms with Gasteiger partial charge in [-0.05, 0) is 51.0 Å². The van der Waals surface area contributed by atoms with Gasteiger partial charge in [0, 0.05) is 25.4 Å². The molecule has 112 valence electrons. The Kier molecular flexibility index (Phi) is 4.36. The normalized spacial score (nSPS) is 14.9. The highest BCUT2D eigenvalue weighted by Gasteiger charge is 2.23. The molecule has 0 spiro atoms. The monoisotopic (exact) mass is 298 g/mol. The highest BCUT2D eigenvalue weighted by molar-refractivity contribution is 7.89. The van der Waals surface area contributed by atoms with Crippen LogP contribution in [0.3, 0.4) is 0 Å². The minimum absolute atomic E-state index is 0.249. The number of rotatable bonds is 6. The molecule has 1 aliphatic heterocycles. The molecular formula is C14H22N2O3S. The van der Waals surface area contributed by atoms with E-state index in [-0.39, 0.29) is 6.54 Å². The van der Waals surface area contributed by atoms with Crippen LogP contribution in [-0.4, -0.2) is 33.7 Å². The largest absolute Gasteiger partial charge is 0.384 e. The lowest BCUT2D eigenvalue weighted by atomic mass is 10.1. The molecule has 1 heterocycles. The number of nitrogens with one attached hydrogen (secondary N) is 2. The van der Waals surface area contributed by atoms with Crippen LogP contribution in [0.2, 0.25) is 0 Å². The lowest BCUT2D eigenvalue weighted by Crippen LogP contribution is -2.40. The van der Waals surface area contributed by atoms with Gasteiger partial charge in [-0.1, -0.05) is 0 Å². The molecule has 0 fully saturated rings. The highest BCUT2D eigenvalue weighted by atomic mass is 32.2. The van der Waals surface area contributed by atoms with Gasteiger partial charge in [0.15, 0.2) is 0 Å². The minimum Gasteiger partial charge on any atom is -0.384 e. The number of hydrogen-bond acceptors (Lipinski definition) is 4. The third-order valence-electron chi connectivity index (χ3n) is 3.32. The van der Waals surface area contributed by atoms with Crippen LogP contribution in [0, 0.1) is 0 Å². The topological polar surface area (TPSA) is 67.4 Å². The molecule has 0 bridgehead atoms. The molecule has 0 atom stereocenters. The first kappa shape index (κ1) is 15.3. The van der Waals surface area contributed by atoms with Crippen LogP contribution in [0.1, 0.15) is 26.3 Å². The molecular weight excluding hydrogens is 276 g/mol. The van der Waals surface area contributed by atoms with Crippen molar-refractivity contribution in [2.75, 3.05) is 25.0 Å². The summed E-state index contributed by atoms with van der Waals surface area (Å²) in [5.41, 5.74) is 1.57. The van der Waals surface area contributed by atoms with Crippen LogP contribution >= 0.6 is 0 Å². The lowest BCUT2D eigenvalue weighted by molar-refractivity contribution is -0.00515. The second-order valence-electron chi connectivity index (χ2n) is 5.51. The summed E-state index contributed by atoms with van der Waals surface area (Å²) in [6, 6.07) is 5.20. The van der Waals surface area contributed by atoms with E-state index in [4.69, 9.17) is 4.74 Å². The number of sulfonamides is 1. The van der Waals surface area contributed by atoms with Gasteiger partial charge in [-0.25, -0.2) is 13.1 Å². The van der Waals surface area contributed by atoms with Crippen molar-refractivity contribution < 1.29 is 13.2 Å². The van der Waals surface area contributed by atoms with Gasteiger partial charge in [0.1, 0.15) is 0 Å². The molecule has 0 saturated heterocycles. The summed E-state index contributed by atoms with van der Waals surface area (Å²) in [6.45, 7) is 7.29. The van der Waals surface area contributed by atoms with Gasteiger partial charge in [0.25, 0.3) is 0 Å². The first-order valence-electron chi connectivity index (χ1n) is 6.84. The number of ether oxygens (including phenoxy) is 1. The fraction of sp³-hybridized carbons (Fsp3) is 0.571. The van der Waals surface area contributed by atoms with E-state index in [1.54, 1.807) is 12.1 Å². The summed E-state index contributed by atoms with van der Waals surface area (Å²) >= 11 is 0. The van der Waals surface area contributed by atoms with E-state index in [9.17, 15) is 8.42 Å². The minimum atomic E-state index is -3.49. The molecule has 2 N–H and O–H groups in total. The van der Waals surface area contributed by atoms with Crippen molar-refractivity contribution in [3.63, 3.8) is 0 Å². The smallest absolute Gasteiger partial charge is 0.240 e. The third kappa shape index (κ3) is 3.50. The average Bonchev–Trinajstić information content (AvgIpc) is 2.84. The molecule has 0 amide bonds. The van der Waals surface area contributed by atoms with Crippen molar-refractivity contribution in [3.05, 3.63) is 23.8 Å². The van der Waals surface area contributed by atoms with E-state index >= 15 is 0 Å². The van der Waals surface area contributed by atoms with Crippen LogP contribution in [-0.2, 0) is 21.2 Å². The predicted octanol–water partition coefficient (Wildman–Crippen LogP) is 1.75. The molecule has 5 nitrogen and oxygen atoms in total. The molecule has 1 aromatic rings. The zero-order chi connectivity index (χ0) is 14.8. The Morgan fingerprint density at radius 1 is 1.40 bits per heavy atom. The Hall–Kier alpha value is -1.11. The number of hydrogen-bond donors (Lipinski definition) is 2. The van der Waals surface area contributed by atoms with Crippen LogP contribution in [0.25, 0.3) is 0 Å². The van der Waals surface area contributed by atoms with Crippen molar-refractivity contribution in [1.82, 2.24) is 4.72 Å². The average molecular weight is 298 g/mol. The Morgan fingerprint density at radius 2 is 2.15 bits per heavy atom. The summed E-state index contributed by atoms with van der Waals surface area (Å²) in [7, 11) is -3.49. The molecule has 0 aliphatic carbocycles. The maximum atomic E-state index is 12.3. The molecule has 1 aliphatic rings. The van der Waals surface area contributed by atoms with E-state index < -0.39 is 15.6 Å². The Morgan fingerprint density at radius 3 is 2.85 bits per heavy atom. The Balaban J connectivity index is 2.11. The molecule has 6 heteroatoms. The van der Waals surface area contributed by atoms with Crippen LogP contribution < -0.4 is 10.0 Å². The summed E-state index contributed by atoms with van der Waals surface area (Å²) < 4.78 is 32.7. The quantitative estimate of drug-likeness (QED) is 0.839. The van der Waals surface area contributed by atoms with Gasteiger partial charge >= 0.3 is 0 Å². The fourth-order valence-electron chi connectivity index (χ4n) is 2.24. The van der Waals surface area contributed by atoms with Crippen molar-refractivity contribution in [3.8, 4) is 0 Å². The van der Waals surface area contributed by atoms with Gasteiger partial charge in [-0.2, -0.15) is 0 Å². The van der Waals surface area contributed by atoms with Crippen LogP contribution in [0.4, 0.5) is 5.69 Å². The second-order valence-corrected chi connectivity index (χ2v) is 7.28. The van der Waals surface area contributed by atoms with Crippen LogP contribution in [0.5, 0.6) is 0 Å². The molecule has 20 heavy (non-hydrogen) atoms. The molecule has 0 radical (unpaired) electrons. The van der Waals surface area contributed by atoms with Crippen molar-refractivity contribution in [1.29, 1.82) is 0 Å². The zero-order valence-electron chi connectivity index (χ0n) is 12.2. The predicted molar refractivity (Wildman–Crippen MR) is 79.5 cm³/mol. The Labute approximate surface area is 120 Å². The SMILES string of the molecule is CCOC(C)(C)CNS(=O)(=O)c1ccc2c(c1)CCN2. The summed E-state index contributed by atoms with van der Waals surface area (Å²) in [5, 5.41) is 3.22. The van der Waals surface area contributed by atoms with Crippen molar-refractivity contribution >= 4 is 15.7 Å². The van der Waals surface area contributed by atoms with E-state index in [0.29, 0.717) is 11.5 Å². The second kappa shape index (κ2) is 5.71. The molecule has 0 unspecified atom stereocenters. The van der Waals surface area contributed by atoms with Crippen molar-refractivity contribution in [2.45, 2.75) is 37.7 Å². The summed E-state index contributed by atoms with van der Waals surface area (Å²) in [5.74, 6) is 0.